The maximum absolute atomic E-state index is 13.3. The highest BCUT2D eigenvalue weighted by molar-refractivity contribution is 6.03. The van der Waals surface area contributed by atoms with Crippen LogP contribution in [0, 0.1) is 5.82 Å². The van der Waals surface area contributed by atoms with Crippen molar-refractivity contribution >= 4 is 17.5 Å². The number of benzene rings is 2. The molecule has 4 N–H and O–H groups in total. The fourth-order valence-electron chi connectivity index (χ4n) is 2.48. The van der Waals surface area contributed by atoms with Crippen molar-refractivity contribution in [3.63, 3.8) is 0 Å². The number of nitrogens with two attached hydrogens (primary N) is 1. The third-order valence-electron chi connectivity index (χ3n) is 3.78. The largest absolute Gasteiger partial charge is 0.351 e. The molecule has 1 atom stereocenters. The lowest BCUT2D eigenvalue weighted by Crippen LogP contribution is -2.30. The Kier molecular flexibility index (Phi) is 6.65. The van der Waals surface area contributed by atoms with Gasteiger partial charge in [0.2, 0.25) is 5.91 Å². The first-order valence-corrected chi connectivity index (χ1v) is 8.14. The molecule has 2 rings (SSSR count). The normalized spacial score (nSPS) is 11.6. The minimum atomic E-state index is -0.327. The number of hydrogen-bond donors (Lipinski definition) is 3. The van der Waals surface area contributed by atoms with Gasteiger partial charge in [0, 0.05) is 19.5 Å². The number of nitrogens with one attached hydrogen (secondary N) is 2. The molecule has 132 valence electrons. The molecule has 0 fully saturated rings. The molecule has 0 bridgehead atoms. The third-order valence-corrected chi connectivity index (χ3v) is 3.78. The highest BCUT2D eigenvalue weighted by Crippen LogP contribution is 2.21. The predicted octanol–water partition coefficient (Wildman–Crippen LogP) is 2.65. The summed E-state index contributed by atoms with van der Waals surface area (Å²) in [5.41, 5.74) is 6.95. The molecule has 0 saturated heterocycles. The first-order valence-electron chi connectivity index (χ1n) is 8.14. The Labute approximate surface area is 146 Å². The molecule has 0 aliphatic heterocycles. The van der Waals surface area contributed by atoms with Gasteiger partial charge in [-0.25, -0.2) is 4.39 Å². The fourth-order valence-corrected chi connectivity index (χ4v) is 2.48. The van der Waals surface area contributed by atoms with Crippen molar-refractivity contribution in [2.45, 2.75) is 19.3 Å². The molecule has 0 aliphatic carbocycles. The Morgan fingerprint density at radius 3 is 2.64 bits per heavy atom. The van der Waals surface area contributed by atoms with Gasteiger partial charge in [0.1, 0.15) is 5.82 Å². The Morgan fingerprint density at radius 2 is 1.92 bits per heavy atom. The number of carbonyl (C=O) groups is 2. The summed E-state index contributed by atoms with van der Waals surface area (Å²) in [6.45, 7) is 2.55. The van der Waals surface area contributed by atoms with E-state index in [4.69, 9.17) is 5.73 Å². The Balaban J connectivity index is 2.04. The van der Waals surface area contributed by atoms with E-state index in [9.17, 15) is 14.0 Å². The second kappa shape index (κ2) is 8.94. The molecular weight excluding hydrogens is 321 g/mol. The van der Waals surface area contributed by atoms with Gasteiger partial charge in [0.05, 0.1) is 11.3 Å². The van der Waals surface area contributed by atoms with Crippen molar-refractivity contribution < 1.29 is 14.0 Å². The fraction of sp³-hybridized carbons (Fsp3) is 0.263. The lowest BCUT2D eigenvalue weighted by molar-refractivity contribution is -0.116. The third kappa shape index (κ3) is 5.39. The van der Waals surface area contributed by atoms with Crippen molar-refractivity contribution in [3.05, 3.63) is 65.5 Å². The van der Waals surface area contributed by atoms with Crippen LogP contribution in [0.1, 0.15) is 35.2 Å². The quantitative estimate of drug-likeness (QED) is 0.722. The van der Waals surface area contributed by atoms with Crippen LogP contribution in [0.5, 0.6) is 0 Å². The Hall–Kier alpha value is -2.73. The lowest BCUT2D eigenvalue weighted by Gasteiger charge is -2.14. The van der Waals surface area contributed by atoms with Crippen LogP contribution in [0.25, 0.3) is 0 Å². The molecule has 1 unspecified atom stereocenters. The average Bonchev–Trinajstić information content (AvgIpc) is 2.60. The van der Waals surface area contributed by atoms with E-state index < -0.39 is 0 Å². The number of halogens is 1. The molecule has 25 heavy (non-hydrogen) atoms. The molecule has 2 aromatic rings. The molecule has 2 amide bonds. The zero-order valence-corrected chi connectivity index (χ0v) is 14.1. The van der Waals surface area contributed by atoms with Gasteiger partial charge in [0.15, 0.2) is 0 Å². The molecule has 0 spiro atoms. The van der Waals surface area contributed by atoms with E-state index in [1.807, 2.05) is 6.92 Å². The standard InChI is InChI=1S/C19H22FN3O2/c1-13(14-5-4-6-15(20)12-14)11-18(24)23-17-8-3-2-7-16(17)19(25)22-10-9-21/h2-8,12-13H,9-11,21H2,1H3,(H,22,25)(H,23,24). The first-order chi connectivity index (χ1) is 12.0. The summed E-state index contributed by atoms with van der Waals surface area (Å²) in [5.74, 6) is -1.00. The second-order valence-electron chi connectivity index (χ2n) is 5.80. The second-order valence-corrected chi connectivity index (χ2v) is 5.80. The molecule has 5 nitrogen and oxygen atoms in total. The summed E-state index contributed by atoms with van der Waals surface area (Å²) in [6, 6.07) is 13.0. The maximum Gasteiger partial charge on any atom is 0.253 e. The number of rotatable bonds is 7. The number of hydrogen-bond acceptors (Lipinski definition) is 3. The Bertz CT molecular complexity index is 749. The smallest absolute Gasteiger partial charge is 0.253 e. The van der Waals surface area contributed by atoms with E-state index in [1.54, 1.807) is 36.4 Å². The highest BCUT2D eigenvalue weighted by atomic mass is 19.1. The summed E-state index contributed by atoms with van der Waals surface area (Å²) in [6.07, 6.45) is 0.183. The number of para-hydroxylation sites is 1. The van der Waals surface area contributed by atoms with Crippen molar-refractivity contribution in [2.75, 3.05) is 18.4 Å². The molecule has 0 radical (unpaired) electrons. The number of anilines is 1. The topological polar surface area (TPSA) is 84.2 Å². The van der Waals surface area contributed by atoms with E-state index in [0.29, 0.717) is 24.3 Å². The van der Waals surface area contributed by atoms with E-state index in [1.165, 1.54) is 12.1 Å². The molecule has 2 aromatic carbocycles. The molecule has 0 aliphatic rings. The van der Waals surface area contributed by atoms with Crippen LogP contribution in [-0.4, -0.2) is 24.9 Å². The van der Waals surface area contributed by atoms with Gasteiger partial charge >= 0.3 is 0 Å². The monoisotopic (exact) mass is 343 g/mol. The minimum absolute atomic E-state index is 0.145. The van der Waals surface area contributed by atoms with Crippen LogP contribution in [0.2, 0.25) is 0 Å². The van der Waals surface area contributed by atoms with E-state index in [0.717, 1.165) is 5.56 Å². The minimum Gasteiger partial charge on any atom is -0.351 e. The van der Waals surface area contributed by atoms with Gasteiger partial charge in [-0.05, 0) is 35.7 Å². The Morgan fingerprint density at radius 1 is 1.16 bits per heavy atom. The van der Waals surface area contributed by atoms with Gasteiger partial charge in [-0.15, -0.1) is 0 Å². The summed E-state index contributed by atoms with van der Waals surface area (Å²) in [5, 5.41) is 5.44. The van der Waals surface area contributed by atoms with E-state index in [2.05, 4.69) is 10.6 Å². The van der Waals surface area contributed by atoms with Crippen molar-refractivity contribution in [3.8, 4) is 0 Å². The molecule has 6 heteroatoms. The van der Waals surface area contributed by atoms with E-state index >= 15 is 0 Å². The summed E-state index contributed by atoms with van der Waals surface area (Å²) < 4.78 is 13.3. The SMILES string of the molecule is CC(CC(=O)Nc1ccccc1C(=O)NCCN)c1cccc(F)c1. The molecule has 0 aromatic heterocycles. The molecule has 0 saturated carbocycles. The molecule has 0 heterocycles. The van der Waals surface area contributed by atoms with E-state index in [-0.39, 0.29) is 30.0 Å². The zero-order chi connectivity index (χ0) is 18.2. The van der Waals surface area contributed by atoms with Gasteiger partial charge in [0.25, 0.3) is 5.91 Å². The van der Waals surface area contributed by atoms with Crippen LogP contribution in [-0.2, 0) is 4.79 Å². The van der Waals surface area contributed by atoms with Crippen LogP contribution in [0.15, 0.2) is 48.5 Å². The van der Waals surface area contributed by atoms with Crippen molar-refractivity contribution in [1.29, 1.82) is 0 Å². The summed E-state index contributed by atoms with van der Waals surface area (Å²) >= 11 is 0. The van der Waals surface area contributed by atoms with Crippen LogP contribution in [0.3, 0.4) is 0 Å². The zero-order valence-electron chi connectivity index (χ0n) is 14.1. The van der Waals surface area contributed by atoms with Gasteiger partial charge in [-0.2, -0.15) is 0 Å². The van der Waals surface area contributed by atoms with Crippen molar-refractivity contribution in [1.82, 2.24) is 5.32 Å². The van der Waals surface area contributed by atoms with Gasteiger partial charge < -0.3 is 16.4 Å². The van der Waals surface area contributed by atoms with Crippen LogP contribution in [0.4, 0.5) is 10.1 Å². The van der Waals surface area contributed by atoms with Crippen molar-refractivity contribution in [2.24, 2.45) is 5.73 Å². The van der Waals surface area contributed by atoms with Gasteiger partial charge in [-0.1, -0.05) is 31.2 Å². The highest BCUT2D eigenvalue weighted by Gasteiger charge is 2.15. The first kappa shape index (κ1) is 18.6. The predicted molar refractivity (Wildman–Crippen MR) is 95.9 cm³/mol. The number of carbonyl (C=O) groups excluding carboxylic acids is 2. The van der Waals surface area contributed by atoms with Crippen LogP contribution >= 0.6 is 0 Å². The summed E-state index contributed by atoms with van der Waals surface area (Å²) in [7, 11) is 0. The van der Waals surface area contributed by atoms with Crippen LogP contribution < -0.4 is 16.4 Å². The lowest BCUT2D eigenvalue weighted by atomic mass is 9.97. The summed E-state index contributed by atoms with van der Waals surface area (Å²) in [4.78, 5) is 24.4. The maximum atomic E-state index is 13.3. The number of amides is 2. The molecular formula is C19H22FN3O2. The average molecular weight is 343 g/mol. The van der Waals surface area contributed by atoms with Gasteiger partial charge in [-0.3, -0.25) is 9.59 Å².